The predicted molar refractivity (Wildman–Crippen MR) is 95.6 cm³/mol. The summed E-state index contributed by atoms with van der Waals surface area (Å²) in [5, 5.41) is 3.07. The van der Waals surface area contributed by atoms with Gasteiger partial charge in [0.1, 0.15) is 5.82 Å². The summed E-state index contributed by atoms with van der Waals surface area (Å²) in [6, 6.07) is 6.97. The number of carbonyl (C=O) groups excluding carboxylic acids is 1. The van der Waals surface area contributed by atoms with Crippen LogP contribution in [0.5, 0.6) is 0 Å². The van der Waals surface area contributed by atoms with Crippen molar-refractivity contribution in [3.05, 3.63) is 63.5 Å². The Morgan fingerprint density at radius 3 is 2.96 bits per heavy atom. The topological polar surface area (TPSA) is 77.1 Å². The molecule has 1 amide bonds. The van der Waals surface area contributed by atoms with Crippen LogP contribution in [-0.2, 0) is 17.8 Å². The normalized spacial score (nSPS) is 12.3. The molecule has 3 aromatic rings. The van der Waals surface area contributed by atoms with Gasteiger partial charge in [-0.05, 0) is 36.2 Å². The van der Waals surface area contributed by atoms with E-state index < -0.39 is 11.6 Å². The maximum atomic E-state index is 13.1. The fourth-order valence-corrected chi connectivity index (χ4v) is 2.91. The van der Waals surface area contributed by atoms with Crippen molar-refractivity contribution < 1.29 is 13.6 Å². The average Bonchev–Trinajstić information content (AvgIpc) is 2.92. The molecule has 2 heterocycles. The van der Waals surface area contributed by atoms with Gasteiger partial charge < -0.3 is 9.73 Å². The van der Waals surface area contributed by atoms with Gasteiger partial charge in [-0.25, -0.2) is 14.2 Å². The van der Waals surface area contributed by atoms with Crippen molar-refractivity contribution in [2.45, 2.75) is 32.4 Å². The number of hydrogen-bond acceptors (Lipinski definition) is 4. The summed E-state index contributed by atoms with van der Waals surface area (Å²) in [5.41, 5.74) is 1.37. The summed E-state index contributed by atoms with van der Waals surface area (Å²) in [6.07, 6.45) is 2.20. The van der Waals surface area contributed by atoms with Gasteiger partial charge >= 0.3 is 5.76 Å². The summed E-state index contributed by atoms with van der Waals surface area (Å²) in [5.74, 6) is -1.24. The predicted octanol–water partition coefficient (Wildman–Crippen LogP) is 2.92. The highest BCUT2D eigenvalue weighted by Crippen LogP contribution is 2.18. The van der Waals surface area contributed by atoms with Crippen LogP contribution in [0, 0.1) is 5.82 Å². The quantitative estimate of drug-likeness (QED) is 0.716. The Balaban J connectivity index is 1.72. The lowest BCUT2D eigenvalue weighted by Gasteiger charge is -2.17. The molecule has 3 rings (SSSR count). The van der Waals surface area contributed by atoms with Crippen LogP contribution in [0.15, 0.2) is 45.7 Å². The molecular formula is C18H17ClFN3O3. The van der Waals surface area contributed by atoms with Crippen molar-refractivity contribution in [1.82, 2.24) is 14.9 Å². The van der Waals surface area contributed by atoms with E-state index in [0.29, 0.717) is 23.2 Å². The van der Waals surface area contributed by atoms with Gasteiger partial charge in [0.25, 0.3) is 0 Å². The molecule has 0 bridgehead atoms. The van der Waals surface area contributed by atoms with E-state index in [0.717, 1.165) is 0 Å². The fraction of sp³-hybridized carbons (Fsp3) is 0.278. The SMILES string of the molecule is CC[C@H](Cn1c(=O)oc2cccnc21)NC(=O)Cc1ccc(F)cc1Cl. The number of hydrogen-bond donors (Lipinski definition) is 1. The van der Waals surface area contributed by atoms with Crippen molar-refractivity contribution in [1.29, 1.82) is 0 Å². The van der Waals surface area contributed by atoms with Crippen molar-refractivity contribution in [3.8, 4) is 0 Å². The molecule has 26 heavy (non-hydrogen) atoms. The van der Waals surface area contributed by atoms with E-state index >= 15 is 0 Å². The number of aromatic nitrogens is 2. The van der Waals surface area contributed by atoms with E-state index in [1.54, 1.807) is 18.3 Å². The number of halogens is 2. The lowest BCUT2D eigenvalue weighted by atomic mass is 10.1. The van der Waals surface area contributed by atoms with E-state index in [9.17, 15) is 14.0 Å². The Hall–Kier alpha value is -2.67. The zero-order chi connectivity index (χ0) is 18.7. The first-order valence-electron chi connectivity index (χ1n) is 8.15. The minimum atomic E-state index is -0.520. The molecule has 0 aliphatic rings. The van der Waals surface area contributed by atoms with Crippen LogP contribution in [0.2, 0.25) is 5.02 Å². The third-order valence-corrected chi connectivity index (χ3v) is 4.40. The molecule has 1 atom stereocenters. The number of carbonyl (C=O) groups is 1. The molecular weight excluding hydrogens is 361 g/mol. The molecule has 6 nitrogen and oxygen atoms in total. The largest absolute Gasteiger partial charge is 0.421 e. The summed E-state index contributed by atoms with van der Waals surface area (Å²) >= 11 is 5.96. The fourth-order valence-electron chi connectivity index (χ4n) is 2.68. The number of amides is 1. The van der Waals surface area contributed by atoms with Crippen LogP contribution >= 0.6 is 11.6 Å². The Morgan fingerprint density at radius 2 is 2.23 bits per heavy atom. The van der Waals surface area contributed by atoms with Crippen molar-refractivity contribution in [3.63, 3.8) is 0 Å². The second-order valence-electron chi connectivity index (χ2n) is 5.89. The first-order valence-corrected chi connectivity index (χ1v) is 8.53. The highest BCUT2D eigenvalue weighted by molar-refractivity contribution is 6.31. The molecule has 1 aromatic carbocycles. The Kier molecular flexibility index (Phi) is 5.37. The molecule has 0 unspecified atom stereocenters. The molecule has 0 spiro atoms. The Labute approximate surface area is 153 Å². The van der Waals surface area contributed by atoms with E-state index in [1.807, 2.05) is 6.92 Å². The number of nitrogens with zero attached hydrogens (tertiary/aromatic N) is 2. The number of rotatable bonds is 6. The molecule has 0 saturated heterocycles. The van der Waals surface area contributed by atoms with Gasteiger partial charge in [-0.2, -0.15) is 0 Å². The van der Waals surface area contributed by atoms with E-state index in [-0.39, 0.29) is 29.9 Å². The monoisotopic (exact) mass is 377 g/mol. The molecule has 0 radical (unpaired) electrons. The smallest absolute Gasteiger partial charge is 0.406 e. The average molecular weight is 378 g/mol. The lowest BCUT2D eigenvalue weighted by molar-refractivity contribution is -0.121. The van der Waals surface area contributed by atoms with Crippen LogP contribution in [-0.4, -0.2) is 21.5 Å². The van der Waals surface area contributed by atoms with Crippen LogP contribution in [0.3, 0.4) is 0 Å². The van der Waals surface area contributed by atoms with Gasteiger partial charge in [0.15, 0.2) is 11.2 Å². The van der Waals surface area contributed by atoms with Gasteiger partial charge in [0.05, 0.1) is 13.0 Å². The third-order valence-electron chi connectivity index (χ3n) is 4.05. The molecule has 0 aliphatic heterocycles. The first kappa shape index (κ1) is 18.1. The van der Waals surface area contributed by atoms with Gasteiger partial charge in [-0.1, -0.05) is 24.6 Å². The molecule has 0 saturated carbocycles. The molecule has 136 valence electrons. The third kappa shape index (κ3) is 3.94. The minimum Gasteiger partial charge on any atom is -0.406 e. The van der Waals surface area contributed by atoms with Gasteiger partial charge in [-0.3, -0.25) is 9.36 Å². The van der Waals surface area contributed by atoms with Crippen LogP contribution in [0.4, 0.5) is 4.39 Å². The van der Waals surface area contributed by atoms with Gasteiger partial charge in [0, 0.05) is 17.3 Å². The van der Waals surface area contributed by atoms with Crippen molar-refractivity contribution in [2.75, 3.05) is 0 Å². The van der Waals surface area contributed by atoms with Gasteiger partial charge in [-0.15, -0.1) is 0 Å². The Morgan fingerprint density at radius 1 is 1.42 bits per heavy atom. The second-order valence-corrected chi connectivity index (χ2v) is 6.30. The molecule has 0 aliphatic carbocycles. The van der Waals surface area contributed by atoms with Crippen molar-refractivity contribution in [2.24, 2.45) is 0 Å². The molecule has 8 heteroatoms. The highest BCUT2D eigenvalue weighted by Gasteiger charge is 2.17. The number of benzene rings is 1. The maximum Gasteiger partial charge on any atom is 0.421 e. The number of nitrogens with one attached hydrogen (secondary N) is 1. The minimum absolute atomic E-state index is 0.0227. The molecule has 0 fully saturated rings. The van der Waals surface area contributed by atoms with E-state index in [1.165, 1.54) is 22.8 Å². The van der Waals surface area contributed by atoms with Crippen LogP contribution in [0.1, 0.15) is 18.9 Å². The summed E-state index contributed by atoms with van der Waals surface area (Å²) < 4.78 is 19.6. The summed E-state index contributed by atoms with van der Waals surface area (Å²) in [6.45, 7) is 2.14. The lowest BCUT2D eigenvalue weighted by Crippen LogP contribution is -2.40. The maximum absolute atomic E-state index is 13.1. The number of fused-ring (bicyclic) bond motifs is 1. The van der Waals surface area contributed by atoms with Crippen LogP contribution in [0.25, 0.3) is 11.2 Å². The standard InChI is InChI=1S/C18H17ClFN3O3/c1-2-13(10-23-17-15(26-18(23)25)4-3-7-21-17)22-16(24)8-11-5-6-12(20)9-14(11)19/h3-7,9,13H,2,8,10H2,1H3,(H,22,24)/t13-/m1/s1. The second kappa shape index (κ2) is 7.70. The number of oxazole rings is 1. The zero-order valence-corrected chi connectivity index (χ0v) is 14.8. The van der Waals surface area contributed by atoms with E-state index in [2.05, 4.69) is 10.3 Å². The highest BCUT2D eigenvalue weighted by atomic mass is 35.5. The first-order chi connectivity index (χ1) is 12.5. The number of pyridine rings is 1. The summed E-state index contributed by atoms with van der Waals surface area (Å²) in [4.78, 5) is 28.5. The molecule has 2 aromatic heterocycles. The molecule has 1 N–H and O–H groups in total. The van der Waals surface area contributed by atoms with E-state index in [4.69, 9.17) is 16.0 Å². The summed E-state index contributed by atoms with van der Waals surface area (Å²) in [7, 11) is 0. The van der Waals surface area contributed by atoms with Crippen LogP contribution < -0.4 is 11.1 Å². The van der Waals surface area contributed by atoms with Gasteiger partial charge in [0.2, 0.25) is 5.91 Å². The zero-order valence-electron chi connectivity index (χ0n) is 14.0. The van der Waals surface area contributed by atoms with Crippen molar-refractivity contribution >= 4 is 28.7 Å². The Bertz CT molecular complexity index is 999.